The van der Waals surface area contributed by atoms with Gasteiger partial charge in [-0.15, -0.1) is 11.3 Å². The Labute approximate surface area is 131 Å². The molecule has 0 spiro atoms. The molecule has 0 saturated carbocycles. The van der Waals surface area contributed by atoms with Crippen LogP contribution in [0.1, 0.15) is 16.0 Å². The first-order valence-corrected chi connectivity index (χ1v) is 8.61. The molecule has 3 nitrogen and oxygen atoms in total. The van der Waals surface area contributed by atoms with Crippen molar-refractivity contribution in [3.63, 3.8) is 0 Å². The van der Waals surface area contributed by atoms with E-state index in [-0.39, 0.29) is 11.4 Å². The van der Waals surface area contributed by atoms with Gasteiger partial charge in [0.15, 0.2) is 0 Å². The van der Waals surface area contributed by atoms with Crippen LogP contribution in [-0.4, -0.2) is 19.8 Å². The van der Waals surface area contributed by atoms with Gasteiger partial charge in [0.2, 0.25) is 10.0 Å². The molecule has 0 aliphatic carbocycles. The van der Waals surface area contributed by atoms with Gasteiger partial charge in [-0.25, -0.2) is 8.42 Å². The molecule has 0 unspecified atom stereocenters. The maximum absolute atomic E-state index is 12.7. The summed E-state index contributed by atoms with van der Waals surface area (Å²) in [6.07, 6.45) is -4.57. The van der Waals surface area contributed by atoms with E-state index < -0.39 is 21.8 Å². The van der Waals surface area contributed by atoms with Crippen molar-refractivity contribution in [3.8, 4) is 0 Å². The lowest BCUT2D eigenvalue weighted by atomic mass is 10.2. The minimum atomic E-state index is -4.57. The molecule has 0 aliphatic heterocycles. The summed E-state index contributed by atoms with van der Waals surface area (Å²) in [6.45, 7) is 1.98. The lowest BCUT2D eigenvalue weighted by Gasteiger charge is -2.18. The molecule has 0 atom stereocenters. The summed E-state index contributed by atoms with van der Waals surface area (Å²) in [5.74, 6) is 0. The first-order valence-electron chi connectivity index (χ1n) is 6.29. The number of thiophene rings is 1. The van der Waals surface area contributed by atoms with E-state index in [1.807, 2.05) is 18.4 Å². The maximum atomic E-state index is 12.7. The Morgan fingerprint density at radius 3 is 2.45 bits per heavy atom. The second-order valence-corrected chi connectivity index (χ2v) is 7.86. The molecule has 0 bridgehead atoms. The zero-order valence-corrected chi connectivity index (χ0v) is 13.5. The first-order chi connectivity index (χ1) is 10.1. The van der Waals surface area contributed by atoms with Crippen molar-refractivity contribution in [1.29, 1.82) is 0 Å². The number of alkyl halides is 3. The number of sulfonamides is 1. The second-order valence-electron chi connectivity index (χ2n) is 4.81. The van der Waals surface area contributed by atoms with E-state index in [1.54, 1.807) is 0 Å². The van der Waals surface area contributed by atoms with Crippen LogP contribution in [-0.2, 0) is 22.7 Å². The summed E-state index contributed by atoms with van der Waals surface area (Å²) in [6, 6.07) is 5.64. The van der Waals surface area contributed by atoms with Crippen molar-refractivity contribution < 1.29 is 21.6 Å². The summed E-state index contributed by atoms with van der Waals surface area (Å²) < 4.78 is 64.0. The molecule has 0 saturated heterocycles. The highest BCUT2D eigenvalue weighted by Gasteiger charge is 2.32. The van der Waals surface area contributed by atoms with Gasteiger partial charge < -0.3 is 0 Å². The molecule has 0 aliphatic rings. The zero-order valence-electron chi connectivity index (χ0n) is 11.9. The highest BCUT2D eigenvalue weighted by Crippen LogP contribution is 2.31. The Morgan fingerprint density at radius 2 is 1.91 bits per heavy atom. The minimum Gasteiger partial charge on any atom is -0.207 e. The predicted molar refractivity (Wildman–Crippen MR) is 79.2 cm³/mol. The summed E-state index contributed by atoms with van der Waals surface area (Å²) in [5, 5.41) is 1.84. The number of aryl methyl sites for hydroxylation is 1. The number of halogens is 3. The Morgan fingerprint density at radius 1 is 1.23 bits per heavy atom. The molecule has 0 amide bonds. The molecule has 0 fully saturated rings. The molecule has 22 heavy (non-hydrogen) atoms. The van der Waals surface area contributed by atoms with E-state index in [9.17, 15) is 21.6 Å². The van der Waals surface area contributed by atoms with Gasteiger partial charge in [0.25, 0.3) is 0 Å². The predicted octanol–water partition coefficient (Wildman–Crippen LogP) is 3.90. The van der Waals surface area contributed by atoms with Crippen LogP contribution in [0.15, 0.2) is 40.6 Å². The molecule has 120 valence electrons. The standard InChI is InChI=1S/C14H14F3NO2S2/c1-10-6-7-21-13(10)9-18(2)22(19,20)12-5-3-4-11(8-12)14(15,16)17/h3-8H,9H2,1-2H3. The van der Waals surface area contributed by atoms with Crippen LogP contribution >= 0.6 is 11.3 Å². The van der Waals surface area contributed by atoms with Crippen molar-refractivity contribution in [3.05, 3.63) is 51.7 Å². The average Bonchev–Trinajstić information content (AvgIpc) is 2.83. The van der Waals surface area contributed by atoms with Crippen LogP contribution in [0.3, 0.4) is 0 Å². The Balaban J connectivity index is 2.32. The van der Waals surface area contributed by atoms with E-state index in [2.05, 4.69) is 0 Å². The molecule has 1 heterocycles. The Kier molecular flexibility index (Phi) is 4.65. The summed E-state index contributed by atoms with van der Waals surface area (Å²) in [7, 11) is -2.62. The molecular weight excluding hydrogens is 335 g/mol. The number of hydrogen-bond donors (Lipinski definition) is 0. The molecule has 2 aromatic rings. The van der Waals surface area contributed by atoms with Crippen LogP contribution in [0.2, 0.25) is 0 Å². The number of benzene rings is 1. The van der Waals surface area contributed by atoms with E-state index in [4.69, 9.17) is 0 Å². The topological polar surface area (TPSA) is 37.4 Å². The molecule has 0 N–H and O–H groups in total. The third kappa shape index (κ3) is 3.50. The molecule has 1 aromatic heterocycles. The van der Waals surface area contributed by atoms with E-state index in [0.717, 1.165) is 26.9 Å². The van der Waals surface area contributed by atoms with Crippen molar-refractivity contribution in [1.82, 2.24) is 4.31 Å². The smallest absolute Gasteiger partial charge is 0.207 e. The number of rotatable bonds is 4. The van der Waals surface area contributed by atoms with Gasteiger partial charge in [0.05, 0.1) is 10.5 Å². The molecule has 1 aromatic carbocycles. The third-order valence-electron chi connectivity index (χ3n) is 3.20. The van der Waals surface area contributed by atoms with Gasteiger partial charge >= 0.3 is 6.18 Å². The number of hydrogen-bond acceptors (Lipinski definition) is 3. The quantitative estimate of drug-likeness (QED) is 0.840. The Hall–Kier alpha value is -1.38. The molecule has 0 radical (unpaired) electrons. The summed E-state index contributed by atoms with van der Waals surface area (Å²) in [4.78, 5) is 0.497. The van der Waals surface area contributed by atoms with Crippen LogP contribution in [0.5, 0.6) is 0 Å². The van der Waals surface area contributed by atoms with E-state index in [1.165, 1.54) is 24.5 Å². The molecule has 2 rings (SSSR count). The van der Waals surface area contributed by atoms with Gasteiger partial charge in [-0.05, 0) is 42.1 Å². The summed E-state index contributed by atoms with van der Waals surface area (Å²) >= 11 is 1.41. The zero-order chi connectivity index (χ0) is 16.5. The average molecular weight is 349 g/mol. The first kappa shape index (κ1) is 17.0. The highest BCUT2D eigenvalue weighted by molar-refractivity contribution is 7.89. The van der Waals surface area contributed by atoms with Gasteiger partial charge in [0, 0.05) is 18.5 Å². The highest BCUT2D eigenvalue weighted by atomic mass is 32.2. The second kappa shape index (κ2) is 6.02. The van der Waals surface area contributed by atoms with Crippen molar-refractivity contribution >= 4 is 21.4 Å². The molecule has 8 heteroatoms. The number of nitrogens with zero attached hydrogens (tertiary/aromatic N) is 1. The lowest BCUT2D eigenvalue weighted by Crippen LogP contribution is -2.26. The van der Waals surface area contributed by atoms with Crippen molar-refractivity contribution in [2.24, 2.45) is 0 Å². The Bertz CT molecular complexity index is 766. The third-order valence-corrected chi connectivity index (χ3v) is 6.01. The largest absolute Gasteiger partial charge is 0.416 e. The summed E-state index contributed by atoms with van der Waals surface area (Å²) in [5.41, 5.74) is -0.0228. The van der Waals surface area contributed by atoms with Gasteiger partial charge in [-0.1, -0.05) is 6.07 Å². The van der Waals surface area contributed by atoms with Crippen molar-refractivity contribution in [2.75, 3.05) is 7.05 Å². The van der Waals surface area contributed by atoms with Gasteiger partial charge in [0.1, 0.15) is 0 Å². The SMILES string of the molecule is Cc1ccsc1CN(C)S(=O)(=O)c1cccc(C(F)(F)F)c1. The monoisotopic (exact) mass is 349 g/mol. The van der Waals surface area contributed by atoms with Crippen LogP contribution < -0.4 is 0 Å². The normalized spacial score (nSPS) is 12.8. The van der Waals surface area contributed by atoms with Crippen LogP contribution in [0.4, 0.5) is 13.2 Å². The minimum absolute atomic E-state index is 0.127. The van der Waals surface area contributed by atoms with Crippen LogP contribution in [0.25, 0.3) is 0 Å². The van der Waals surface area contributed by atoms with Crippen molar-refractivity contribution in [2.45, 2.75) is 24.5 Å². The fourth-order valence-corrected chi connectivity index (χ4v) is 4.09. The fourth-order valence-electron chi connectivity index (χ4n) is 1.87. The van der Waals surface area contributed by atoms with Gasteiger partial charge in [-0.3, -0.25) is 0 Å². The fraction of sp³-hybridized carbons (Fsp3) is 0.286. The maximum Gasteiger partial charge on any atom is 0.416 e. The van der Waals surface area contributed by atoms with E-state index in [0.29, 0.717) is 6.07 Å². The van der Waals surface area contributed by atoms with E-state index >= 15 is 0 Å². The van der Waals surface area contributed by atoms with Gasteiger partial charge in [-0.2, -0.15) is 17.5 Å². The molecular formula is C14H14F3NO2S2. The van der Waals surface area contributed by atoms with Crippen LogP contribution in [0, 0.1) is 6.92 Å². The lowest BCUT2D eigenvalue weighted by molar-refractivity contribution is -0.137.